The Balaban J connectivity index is 0.00000304. The molecule has 3 aliphatic rings. The summed E-state index contributed by atoms with van der Waals surface area (Å²) in [6.07, 6.45) is 12.1. The van der Waals surface area contributed by atoms with E-state index >= 15 is 0 Å². The standard InChI is InChI=1S/C31H42N2O2.HI/c1-22-11-13-26-28(19-22)35-29-20-23(2)12-14-27(29)30(26)31(34)32-25-15-17-33(3,18-16-25)21-24-9-7-5-4-6-8-10-24;/h11-14,19-20,24-25,30H,4-10,15-18,21H2,1-3H3;1H. The molecule has 1 aliphatic carbocycles. The number of carbonyl (C=O) groups excluding carboxylic acids is 1. The lowest BCUT2D eigenvalue weighted by atomic mass is 9.85. The fraction of sp³-hybridized carbons (Fsp3) is 0.581. The Kier molecular flexibility index (Phi) is 9.03. The molecule has 196 valence electrons. The first-order valence-electron chi connectivity index (χ1n) is 13.9. The van der Waals surface area contributed by atoms with Crippen molar-refractivity contribution in [1.82, 2.24) is 5.32 Å². The highest BCUT2D eigenvalue weighted by Crippen LogP contribution is 2.45. The maximum atomic E-state index is 13.7. The Morgan fingerprint density at radius 3 is 1.94 bits per heavy atom. The van der Waals surface area contributed by atoms with Crippen LogP contribution in [0, 0.1) is 19.8 Å². The highest BCUT2D eigenvalue weighted by Gasteiger charge is 2.37. The van der Waals surface area contributed by atoms with Crippen LogP contribution >= 0.6 is 0 Å². The van der Waals surface area contributed by atoms with Gasteiger partial charge in [0.1, 0.15) is 11.5 Å². The molecule has 1 N–H and O–H groups in total. The van der Waals surface area contributed by atoms with Crippen molar-refractivity contribution in [3.63, 3.8) is 0 Å². The van der Waals surface area contributed by atoms with Crippen LogP contribution < -0.4 is 34.0 Å². The van der Waals surface area contributed by atoms with Gasteiger partial charge in [0.05, 0.1) is 32.6 Å². The van der Waals surface area contributed by atoms with E-state index in [0.717, 1.165) is 52.5 Å². The summed E-state index contributed by atoms with van der Waals surface area (Å²) < 4.78 is 7.42. The minimum Gasteiger partial charge on any atom is -1.00 e. The smallest absolute Gasteiger partial charge is 0.232 e. The second kappa shape index (κ2) is 11.8. The zero-order valence-electron chi connectivity index (χ0n) is 22.3. The number of nitrogens with one attached hydrogen (secondary N) is 1. The fourth-order valence-electron chi connectivity index (χ4n) is 6.65. The SMILES string of the molecule is Cc1ccc2c(c1)Oc1cc(C)ccc1C2C(=O)NC1CC[N+](C)(CC2CCCCCCC2)CC1.[I-]. The number of ether oxygens (including phenoxy) is 1. The molecule has 5 rings (SSSR count). The summed E-state index contributed by atoms with van der Waals surface area (Å²) in [5, 5.41) is 3.45. The number of carbonyl (C=O) groups is 1. The molecule has 1 amide bonds. The van der Waals surface area contributed by atoms with Crippen molar-refractivity contribution in [2.45, 2.75) is 83.6 Å². The molecule has 2 fully saturated rings. The third-order valence-corrected chi connectivity index (χ3v) is 8.75. The van der Waals surface area contributed by atoms with Crippen LogP contribution in [0.3, 0.4) is 0 Å². The number of nitrogens with zero attached hydrogens (tertiary/aromatic N) is 1. The Labute approximate surface area is 234 Å². The quantitative estimate of drug-likeness (QED) is 0.429. The first-order valence-corrected chi connectivity index (χ1v) is 13.9. The van der Waals surface area contributed by atoms with E-state index in [1.807, 2.05) is 0 Å². The topological polar surface area (TPSA) is 38.3 Å². The monoisotopic (exact) mass is 602 g/mol. The number of benzene rings is 2. The molecular formula is C31H43IN2O2. The van der Waals surface area contributed by atoms with Crippen molar-refractivity contribution in [3.8, 4) is 11.5 Å². The highest BCUT2D eigenvalue weighted by molar-refractivity contribution is 5.90. The van der Waals surface area contributed by atoms with Crippen LogP contribution in [0.2, 0.25) is 0 Å². The van der Waals surface area contributed by atoms with Gasteiger partial charge in [0.2, 0.25) is 5.91 Å². The van der Waals surface area contributed by atoms with E-state index in [1.54, 1.807) is 0 Å². The molecule has 36 heavy (non-hydrogen) atoms. The van der Waals surface area contributed by atoms with Gasteiger partial charge in [-0.25, -0.2) is 0 Å². The predicted octanol–water partition coefficient (Wildman–Crippen LogP) is 3.63. The number of amides is 1. The van der Waals surface area contributed by atoms with E-state index in [0.29, 0.717) is 0 Å². The molecule has 1 saturated heterocycles. The Bertz CT molecular complexity index is 1000. The second-order valence-corrected chi connectivity index (χ2v) is 11.9. The number of hydrogen-bond acceptors (Lipinski definition) is 2. The van der Waals surface area contributed by atoms with E-state index in [9.17, 15) is 4.79 Å². The van der Waals surface area contributed by atoms with Crippen molar-refractivity contribution in [1.29, 1.82) is 0 Å². The number of aryl methyl sites for hydroxylation is 2. The minimum atomic E-state index is -0.312. The molecule has 2 aliphatic heterocycles. The van der Waals surface area contributed by atoms with Crippen molar-refractivity contribution in [2.75, 3.05) is 26.7 Å². The number of fused-ring (bicyclic) bond motifs is 2. The molecule has 0 spiro atoms. The first kappa shape index (κ1) is 27.4. The van der Waals surface area contributed by atoms with Crippen molar-refractivity contribution in [2.24, 2.45) is 5.92 Å². The molecule has 2 heterocycles. The summed E-state index contributed by atoms with van der Waals surface area (Å²) >= 11 is 0. The molecule has 0 aromatic heterocycles. The summed E-state index contributed by atoms with van der Waals surface area (Å²) in [4.78, 5) is 13.7. The zero-order valence-corrected chi connectivity index (χ0v) is 24.5. The number of quaternary nitrogens is 1. The third-order valence-electron chi connectivity index (χ3n) is 8.75. The summed E-state index contributed by atoms with van der Waals surface area (Å²) in [5.74, 6) is 2.32. The fourth-order valence-corrected chi connectivity index (χ4v) is 6.65. The highest BCUT2D eigenvalue weighted by atomic mass is 127. The molecule has 5 heteroatoms. The van der Waals surface area contributed by atoms with Gasteiger partial charge >= 0.3 is 0 Å². The maximum absolute atomic E-state index is 13.7. The van der Waals surface area contributed by atoms with E-state index in [2.05, 4.69) is 62.6 Å². The molecule has 2 aromatic carbocycles. The largest absolute Gasteiger partial charge is 1.00 e. The molecule has 0 radical (unpaired) electrons. The molecule has 0 bridgehead atoms. The van der Waals surface area contributed by atoms with Crippen LogP contribution in [-0.2, 0) is 4.79 Å². The maximum Gasteiger partial charge on any atom is 0.232 e. The van der Waals surface area contributed by atoms with E-state index < -0.39 is 0 Å². The lowest BCUT2D eigenvalue weighted by molar-refractivity contribution is -0.917. The van der Waals surface area contributed by atoms with Crippen LogP contribution in [0.1, 0.15) is 86.0 Å². The number of piperidine rings is 1. The summed E-state index contributed by atoms with van der Waals surface area (Å²) in [5.41, 5.74) is 4.25. The molecule has 1 saturated carbocycles. The molecule has 0 atom stereocenters. The van der Waals surface area contributed by atoms with E-state index in [1.165, 1.54) is 69.1 Å². The molecule has 4 nitrogen and oxygen atoms in total. The van der Waals surface area contributed by atoms with Crippen molar-refractivity contribution >= 4 is 5.91 Å². The number of rotatable bonds is 4. The van der Waals surface area contributed by atoms with Gasteiger partial charge in [-0.1, -0.05) is 56.4 Å². The Morgan fingerprint density at radius 2 is 1.39 bits per heavy atom. The van der Waals surface area contributed by atoms with Crippen molar-refractivity contribution < 1.29 is 38.0 Å². The van der Waals surface area contributed by atoms with Crippen LogP contribution in [0.25, 0.3) is 0 Å². The van der Waals surface area contributed by atoms with E-state index in [4.69, 9.17) is 4.74 Å². The van der Waals surface area contributed by atoms with Gasteiger partial charge < -0.3 is 38.5 Å². The lowest BCUT2D eigenvalue weighted by Gasteiger charge is -2.43. The van der Waals surface area contributed by atoms with Gasteiger partial charge in [-0.05, 0) is 49.9 Å². The Hall–Kier alpha value is -1.60. The number of halogens is 1. The molecule has 0 unspecified atom stereocenters. The van der Waals surface area contributed by atoms with Crippen LogP contribution in [0.15, 0.2) is 36.4 Å². The summed E-state index contributed by atoms with van der Waals surface area (Å²) in [6, 6.07) is 12.7. The lowest BCUT2D eigenvalue weighted by Crippen LogP contribution is -3.00. The van der Waals surface area contributed by atoms with Gasteiger partial charge in [-0.3, -0.25) is 4.79 Å². The van der Waals surface area contributed by atoms with Gasteiger partial charge in [0, 0.05) is 35.9 Å². The van der Waals surface area contributed by atoms with Gasteiger partial charge in [-0.15, -0.1) is 0 Å². The van der Waals surface area contributed by atoms with Crippen LogP contribution in [-0.4, -0.2) is 43.1 Å². The first-order chi connectivity index (χ1) is 16.9. The van der Waals surface area contributed by atoms with Gasteiger partial charge in [0.25, 0.3) is 0 Å². The number of hydrogen-bond donors (Lipinski definition) is 1. The Morgan fingerprint density at radius 1 is 0.861 bits per heavy atom. The third kappa shape index (κ3) is 6.27. The summed E-state index contributed by atoms with van der Waals surface area (Å²) in [7, 11) is 2.45. The summed E-state index contributed by atoms with van der Waals surface area (Å²) in [6.45, 7) is 7.79. The molecule has 2 aromatic rings. The normalized spacial score (nSPS) is 24.8. The average molecular weight is 603 g/mol. The van der Waals surface area contributed by atoms with Crippen molar-refractivity contribution in [3.05, 3.63) is 58.7 Å². The minimum absolute atomic E-state index is 0. The zero-order chi connectivity index (χ0) is 24.4. The van der Waals surface area contributed by atoms with Crippen LogP contribution in [0.4, 0.5) is 0 Å². The number of likely N-dealkylation sites (tertiary alicyclic amines) is 1. The van der Waals surface area contributed by atoms with Gasteiger partial charge in [0.15, 0.2) is 0 Å². The van der Waals surface area contributed by atoms with E-state index in [-0.39, 0.29) is 41.8 Å². The predicted molar refractivity (Wildman–Crippen MR) is 142 cm³/mol. The average Bonchev–Trinajstić information content (AvgIpc) is 2.80. The molecular weight excluding hydrogens is 559 g/mol. The van der Waals surface area contributed by atoms with Gasteiger partial charge in [-0.2, -0.15) is 0 Å². The second-order valence-electron chi connectivity index (χ2n) is 11.9. The van der Waals surface area contributed by atoms with Crippen LogP contribution in [0.5, 0.6) is 11.5 Å².